The van der Waals surface area contributed by atoms with Crippen LogP contribution in [0, 0.1) is 0 Å². The number of hydrogen-bond acceptors (Lipinski definition) is 2. The highest BCUT2D eigenvalue weighted by atomic mass is 16.5. The number of ether oxygens (including phenoxy) is 1. The highest BCUT2D eigenvalue weighted by molar-refractivity contribution is 6.09. The molecule has 1 aromatic heterocycles. The molecule has 3 aromatic carbocycles. The number of benzene rings is 3. The maximum absolute atomic E-state index is 5.48. The van der Waals surface area contributed by atoms with Crippen LogP contribution in [-0.2, 0) is 6.54 Å². The minimum atomic E-state index is 0.679. The minimum absolute atomic E-state index is 0.679. The number of rotatable bonds is 5. The topological polar surface area (TPSA) is 26.5 Å². The molecule has 0 radical (unpaired) electrons. The lowest BCUT2D eigenvalue weighted by Gasteiger charge is -2.03. The molecule has 1 heterocycles. The van der Waals surface area contributed by atoms with Crippen molar-refractivity contribution >= 4 is 33.7 Å². The predicted molar refractivity (Wildman–Crippen MR) is 110 cm³/mol. The molecule has 0 aliphatic carbocycles. The van der Waals surface area contributed by atoms with E-state index in [0.29, 0.717) is 6.61 Å². The molecule has 0 bridgehead atoms. The van der Waals surface area contributed by atoms with Gasteiger partial charge in [0, 0.05) is 34.6 Å². The van der Waals surface area contributed by atoms with Crippen LogP contribution in [0.5, 0.6) is 5.75 Å². The zero-order valence-corrected chi connectivity index (χ0v) is 15.1. The van der Waals surface area contributed by atoms with Gasteiger partial charge in [0.1, 0.15) is 5.75 Å². The van der Waals surface area contributed by atoms with Gasteiger partial charge in [-0.15, -0.1) is 0 Å². The fourth-order valence-corrected chi connectivity index (χ4v) is 3.43. The third-order valence-corrected chi connectivity index (χ3v) is 4.63. The summed E-state index contributed by atoms with van der Waals surface area (Å²) in [7, 11) is 0. The Bertz CT molecular complexity index is 1070. The second-order valence-electron chi connectivity index (χ2n) is 6.22. The molecular weight excluding hydrogens is 320 g/mol. The lowest BCUT2D eigenvalue weighted by Crippen LogP contribution is -1.92. The number of aromatic nitrogens is 1. The Labute approximate surface area is 153 Å². The lowest BCUT2D eigenvalue weighted by molar-refractivity contribution is 0.340. The van der Waals surface area contributed by atoms with E-state index in [1.165, 1.54) is 21.8 Å². The maximum atomic E-state index is 5.48. The van der Waals surface area contributed by atoms with Crippen LogP contribution in [0.4, 0.5) is 5.69 Å². The van der Waals surface area contributed by atoms with Crippen molar-refractivity contribution in [1.29, 1.82) is 0 Å². The molecule has 0 atom stereocenters. The van der Waals surface area contributed by atoms with Crippen LogP contribution >= 0.6 is 0 Å². The quantitative estimate of drug-likeness (QED) is 0.411. The molecule has 3 heteroatoms. The first-order valence-electron chi connectivity index (χ1n) is 9.08. The summed E-state index contributed by atoms with van der Waals surface area (Å²) in [5, 5.41) is 2.53. The van der Waals surface area contributed by atoms with Gasteiger partial charge < -0.3 is 9.30 Å². The van der Waals surface area contributed by atoms with Gasteiger partial charge in [-0.25, -0.2) is 0 Å². The largest absolute Gasteiger partial charge is 0.494 e. The van der Waals surface area contributed by atoms with Crippen LogP contribution in [0.3, 0.4) is 0 Å². The number of hydrogen-bond donors (Lipinski definition) is 0. The van der Waals surface area contributed by atoms with Crippen LogP contribution in [0.2, 0.25) is 0 Å². The average Bonchev–Trinajstić information content (AvgIpc) is 3.01. The van der Waals surface area contributed by atoms with E-state index in [-0.39, 0.29) is 0 Å². The molecule has 0 saturated heterocycles. The molecule has 4 aromatic rings. The Morgan fingerprint density at radius 3 is 2.42 bits per heavy atom. The summed E-state index contributed by atoms with van der Waals surface area (Å²) in [6.07, 6.45) is 1.90. The summed E-state index contributed by atoms with van der Waals surface area (Å²) >= 11 is 0. The van der Waals surface area contributed by atoms with E-state index in [1.54, 1.807) is 0 Å². The van der Waals surface area contributed by atoms with Crippen LogP contribution in [0.25, 0.3) is 21.8 Å². The van der Waals surface area contributed by atoms with Gasteiger partial charge in [-0.05, 0) is 67.9 Å². The van der Waals surface area contributed by atoms with Crippen LogP contribution < -0.4 is 4.74 Å². The summed E-state index contributed by atoms with van der Waals surface area (Å²) in [5.41, 5.74) is 4.56. The van der Waals surface area contributed by atoms with E-state index in [9.17, 15) is 0 Å². The van der Waals surface area contributed by atoms with Gasteiger partial charge in [0.25, 0.3) is 0 Å². The molecule has 26 heavy (non-hydrogen) atoms. The Hall–Kier alpha value is -3.07. The first kappa shape index (κ1) is 16.4. The molecule has 0 aliphatic rings. The van der Waals surface area contributed by atoms with Crippen molar-refractivity contribution < 1.29 is 4.74 Å². The van der Waals surface area contributed by atoms with Crippen molar-refractivity contribution in [3.05, 3.63) is 72.3 Å². The summed E-state index contributed by atoms with van der Waals surface area (Å²) in [6, 6.07) is 23.0. The van der Waals surface area contributed by atoms with Crippen molar-refractivity contribution in [3.63, 3.8) is 0 Å². The third-order valence-electron chi connectivity index (χ3n) is 4.63. The summed E-state index contributed by atoms with van der Waals surface area (Å²) < 4.78 is 7.83. The molecule has 130 valence electrons. The van der Waals surface area contributed by atoms with Gasteiger partial charge in [0.2, 0.25) is 0 Å². The van der Waals surface area contributed by atoms with Crippen LogP contribution in [0.1, 0.15) is 19.4 Å². The molecule has 0 unspecified atom stereocenters. The van der Waals surface area contributed by atoms with Gasteiger partial charge in [-0.2, -0.15) is 0 Å². The molecule has 0 saturated carbocycles. The highest BCUT2D eigenvalue weighted by Gasteiger charge is 2.09. The van der Waals surface area contributed by atoms with E-state index in [2.05, 4.69) is 58.9 Å². The van der Waals surface area contributed by atoms with Gasteiger partial charge in [-0.3, -0.25) is 4.99 Å². The van der Waals surface area contributed by atoms with E-state index in [1.807, 2.05) is 37.4 Å². The first-order chi connectivity index (χ1) is 12.8. The van der Waals surface area contributed by atoms with Crippen molar-refractivity contribution in [1.82, 2.24) is 4.57 Å². The molecular formula is C23H22N2O. The number of aryl methyl sites for hydroxylation is 1. The van der Waals surface area contributed by atoms with Gasteiger partial charge >= 0.3 is 0 Å². The van der Waals surface area contributed by atoms with Gasteiger partial charge in [0.15, 0.2) is 0 Å². The van der Waals surface area contributed by atoms with Crippen molar-refractivity contribution in [2.75, 3.05) is 6.61 Å². The van der Waals surface area contributed by atoms with Crippen LogP contribution in [-0.4, -0.2) is 17.4 Å². The Morgan fingerprint density at radius 2 is 1.65 bits per heavy atom. The van der Waals surface area contributed by atoms with Crippen LogP contribution in [0.15, 0.2) is 71.7 Å². The summed E-state index contributed by atoms with van der Waals surface area (Å²) in [5.74, 6) is 0.887. The summed E-state index contributed by atoms with van der Waals surface area (Å²) in [6.45, 7) is 5.81. The summed E-state index contributed by atoms with van der Waals surface area (Å²) in [4.78, 5) is 4.67. The molecule has 0 N–H and O–H groups in total. The Balaban J connectivity index is 1.70. The SMILES string of the molecule is CCOc1ccc(C=Nc2ccc3c(c2)c2ccccc2n3CC)cc1. The molecule has 0 fully saturated rings. The molecule has 4 rings (SSSR count). The molecule has 0 spiro atoms. The number of para-hydroxylation sites is 1. The smallest absolute Gasteiger partial charge is 0.119 e. The van der Waals surface area contributed by atoms with Crippen molar-refractivity contribution in [2.45, 2.75) is 20.4 Å². The fourth-order valence-electron chi connectivity index (χ4n) is 3.43. The van der Waals surface area contributed by atoms with E-state index in [0.717, 1.165) is 23.5 Å². The first-order valence-corrected chi connectivity index (χ1v) is 9.08. The zero-order valence-electron chi connectivity index (χ0n) is 15.1. The normalized spacial score (nSPS) is 11.6. The molecule has 3 nitrogen and oxygen atoms in total. The second-order valence-corrected chi connectivity index (χ2v) is 6.22. The van der Waals surface area contributed by atoms with Crippen molar-refractivity contribution in [3.8, 4) is 5.75 Å². The Kier molecular flexibility index (Phi) is 4.44. The standard InChI is InChI=1S/C23H22N2O/c1-3-25-22-8-6-5-7-20(22)21-15-18(11-14-23(21)25)24-16-17-9-12-19(13-10-17)26-4-2/h5-16H,3-4H2,1-2H3. The zero-order chi connectivity index (χ0) is 17.9. The average molecular weight is 342 g/mol. The number of aliphatic imine (C=N–C) groups is 1. The van der Waals surface area contributed by atoms with E-state index in [4.69, 9.17) is 4.74 Å². The minimum Gasteiger partial charge on any atom is -0.494 e. The lowest BCUT2D eigenvalue weighted by atomic mass is 10.1. The fraction of sp³-hybridized carbons (Fsp3) is 0.174. The van der Waals surface area contributed by atoms with E-state index >= 15 is 0 Å². The second kappa shape index (κ2) is 7.04. The van der Waals surface area contributed by atoms with Crippen molar-refractivity contribution in [2.24, 2.45) is 4.99 Å². The Morgan fingerprint density at radius 1 is 0.885 bits per heavy atom. The monoisotopic (exact) mass is 342 g/mol. The maximum Gasteiger partial charge on any atom is 0.119 e. The third kappa shape index (κ3) is 2.97. The van der Waals surface area contributed by atoms with Gasteiger partial charge in [-0.1, -0.05) is 18.2 Å². The predicted octanol–water partition coefficient (Wildman–Crippen LogP) is 5.96. The number of nitrogens with zero attached hydrogens (tertiary/aromatic N) is 2. The highest BCUT2D eigenvalue weighted by Crippen LogP contribution is 2.31. The molecule has 0 aliphatic heterocycles. The van der Waals surface area contributed by atoms with E-state index < -0.39 is 0 Å². The van der Waals surface area contributed by atoms with Gasteiger partial charge in [0.05, 0.1) is 12.3 Å². The molecule has 0 amide bonds. The number of fused-ring (bicyclic) bond motifs is 3.